The van der Waals surface area contributed by atoms with E-state index < -0.39 is 47.7 Å². The third kappa shape index (κ3) is 4.13. The maximum Gasteiger partial charge on any atom is 0.349 e. The normalized spacial score (nSPS) is 18.2. The van der Waals surface area contributed by atoms with E-state index in [4.69, 9.17) is 11.6 Å². The lowest BCUT2D eigenvalue weighted by molar-refractivity contribution is -0.147. The number of alkyl halides is 2. The first kappa shape index (κ1) is 22.7. The van der Waals surface area contributed by atoms with Crippen LogP contribution in [0.15, 0.2) is 36.4 Å². The predicted octanol–water partition coefficient (Wildman–Crippen LogP) is 2.21. The number of phenols is 1. The van der Waals surface area contributed by atoms with Crippen molar-refractivity contribution < 1.29 is 33.1 Å². The Labute approximate surface area is 191 Å². The molecule has 0 bridgehead atoms. The average molecular weight is 478 g/mol. The van der Waals surface area contributed by atoms with Crippen molar-refractivity contribution in [2.24, 2.45) is 0 Å². The van der Waals surface area contributed by atoms with Crippen LogP contribution in [0.5, 0.6) is 5.75 Å². The van der Waals surface area contributed by atoms with Crippen molar-refractivity contribution in [2.45, 2.75) is 37.9 Å². The molecule has 2 aliphatic heterocycles. The van der Waals surface area contributed by atoms with Crippen LogP contribution >= 0.6 is 11.6 Å². The van der Waals surface area contributed by atoms with E-state index in [2.05, 4.69) is 10.6 Å². The molecule has 11 heteroatoms. The smallest absolute Gasteiger partial charge is 0.349 e. The van der Waals surface area contributed by atoms with Gasteiger partial charge in [0, 0.05) is 40.2 Å². The summed E-state index contributed by atoms with van der Waals surface area (Å²) < 4.78 is 28.9. The van der Waals surface area contributed by atoms with Gasteiger partial charge in [-0.05, 0) is 24.6 Å². The summed E-state index contributed by atoms with van der Waals surface area (Å²) in [5.41, 5.74) is -0.0142. The van der Waals surface area contributed by atoms with Crippen molar-refractivity contribution in [3.8, 4) is 5.75 Å². The molecule has 4 amide bonds. The van der Waals surface area contributed by atoms with Gasteiger partial charge in [-0.25, -0.2) is 0 Å². The van der Waals surface area contributed by atoms with Crippen LogP contribution < -0.4 is 10.6 Å². The Kier molecular flexibility index (Phi) is 5.79. The fourth-order valence-electron chi connectivity index (χ4n) is 3.89. The standard InChI is InChI=1S/C22H18ClF2N3O5/c23-13-4-2-12(3-5-13)22(24,25)21(33)26-9-11-1-6-14-15(18(11)30)10-28(20(14)32)16-7-8-17(29)27-19(16)31/h1-6,16,30H,7-10H2,(H,26,33)(H,27,29,31). The highest BCUT2D eigenvalue weighted by Crippen LogP contribution is 2.36. The molecule has 1 fully saturated rings. The van der Waals surface area contributed by atoms with Gasteiger partial charge in [-0.1, -0.05) is 29.8 Å². The van der Waals surface area contributed by atoms with Crippen molar-refractivity contribution in [1.29, 1.82) is 0 Å². The summed E-state index contributed by atoms with van der Waals surface area (Å²) in [7, 11) is 0. The number of hydrogen-bond acceptors (Lipinski definition) is 5. The molecule has 4 rings (SSSR count). The van der Waals surface area contributed by atoms with Crippen LogP contribution in [0.2, 0.25) is 5.02 Å². The largest absolute Gasteiger partial charge is 0.507 e. The quantitative estimate of drug-likeness (QED) is 0.571. The van der Waals surface area contributed by atoms with E-state index in [1.165, 1.54) is 29.2 Å². The average Bonchev–Trinajstić information content (AvgIpc) is 3.10. The first-order valence-corrected chi connectivity index (χ1v) is 10.4. The fraction of sp³-hybridized carbons (Fsp3) is 0.273. The highest BCUT2D eigenvalue weighted by Gasteiger charge is 2.42. The zero-order valence-electron chi connectivity index (χ0n) is 17.0. The zero-order valence-corrected chi connectivity index (χ0v) is 17.8. The van der Waals surface area contributed by atoms with E-state index in [0.29, 0.717) is 0 Å². The van der Waals surface area contributed by atoms with Gasteiger partial charge in [0.2, 0.25) is 11.8 Å². The number of rotatable bonds is 5. The summed E-state index contributed by atoms with van der Waals surface area (Å²) >= 11 is 5.69. The second-order valence-corrected chi connectivity index (χ2v) is 8.20. The van der Waals surface area contributed by atoms with Crippen LogP contribution in [0, 0.1) is 0 Å². The molecule has 172 valence electrons. The Morgan fingerprint density at radius 3 is 2.55 bits per heavy atom. The SMILES string of the molecule is O=C1CCC(N2Cc3c(ccc(CNC(=O)C(F)(F)c4ccc(Cl)cc4)c3O)C2=O)C(=O)N1. The third-order valence-electron chi connectivity index (χ3n) is 5.70. The molecular formula is C22H18ClF2N3O5. The lowest BCUT2D eigenvalue weighted by Crippen LogP contribution is -2.52. The number of fused-ring (bicyclic) bond motifs is 1. The molecular weight excluding hydrogens is 460 g/mol. The third-order valence-corrected chi connectivity index (χ3v) is 5.96. The lowest BCUT2D eigenvalue weighted by atomic mass is 10.0. The molecule has 1 unspecified atom stereocenters. The number of halogens is 3. The zero-order chi connectivity index (χ0) is 23.9. The van der Waals surface area contributed by atoms with Crippen molar-refractivity contribution >= 4 is 35.2 Å². The van der Waals surface area contributed by atoms with Crippen molar-refractivity contribution in [2.75, 3.05) is 0 Å². The van der Waals surface area contributed by atoms with Gasteiger partial charge < -0.3 is 15.3 Å². The molecule has 0 radical (unpaired) electrons. The van der Waals surface area contributed by atoms with E-state index in [-0.39, 0.29) is 46.8 Å². The summed E-state index contributed by atoms with van der Waals surface area (Å²) in [4.78, 5) is 49.6. The topological polar surface area (TPSA) is 116 Å². The van der Waals surface area contributed by atoms with Crippen LogP contribution in [-0.4, -0.2) is 39.7 Å². The van der Waals surface area contributed by atoms with E-state index in [1.807, 2.05) is 0 Å². The lowest BCUT2D eigenvalue weighted by Gasteiger charge is -2.29. The maximum atomic E-state index is 14.4. The van der Waals surface area contributed by atoms with Gasteiger partial charge in [-0.3, -0.25) is 24.5 Å². The first-order chi connectivity index (χ1) is 15.6. The number of aromatic hydroxyl groups is 1. The summed E-state index contributed by atoms with van der Waals surface area (Å²) in [5.74, 6) is -7.22. The van der Waals surface area contributed by atoms with Crippen molar-refractivity contribution in [3.63, 3.8) is 0 Å². The molecule has 2 aliphatic rings. The second-order valence-electron chi connectivity index (χ2n) is 7.76. The number of imide groups is 1. The summed E-state index contributed by atoms with van der Waals surface area (Å²) in [6.07, 6.45) is 0.246. The molecule has 8 nitrogen and oxygen atoms in total. The minimum Gasteiger partial charge on any atom is -0.507 e. The van der Waals surface area contributed by atoms with E-state index in [1.54, 1.807) is 0 Å². The number of phenolic OH excluding ortho intramolecular Hbond substituents is 1. The minimum atomic E-state index is -3.82. The molecule has 2 heterocycles. The van der Waals surface area contributed by atoms with Gasteiger partial charge in [-0.2, -0.15) is 8.78 Å². The summed E-state index contributed by atoms with van der Waals surface area (Å²) in [5, 5.41) is 15.2. The van der Waals surface area contributed by atoms with Crippen molar-refractivity contribution in [3.05, 3.63) is 63.7 Å². The van der Waals surface area contributed by atoms with Gasteiger partial charge in [0.05, 0.1) is 6.54 Å². The molecule has 33 heavy (non-hydrogen) atoms. The number of nitrogens with one attached hydrogen (secondary N) is 2. The molecule has 0 aliphatic carbocycles. The van der Waals surface area contributed by atoms with E-state index in [9.17, 15) is 33.1 Å². The maximum absolute atomic E-state index is 14.4. The molecule has 0 spiro atoms. The first-order valence-electron chi connectivity index (χ1n) is 10.00. The summed E-state index contributed by atoms with van der Waals surface area (Å²) in [6, 6.07) is 6.48. The van der Waals surface area contributed by atoms with Gasteiger partial charge in [-0.15, -0.1) is 0 Å². The van der Waals surface area contributed by atoms with Gasteiger partial charge >= 0.3 is 5.92 Å². The second kappa shape index (κ2) is 8.43. The van der Waals surface area contributed by atoms with Crippen LogP contribution in [0.3, 0.4) is 0 Å². The van der Waals surface area contributed by atoms with Crippen LogP contribution in [0.25, 0.3) is 0 Å². The molecule has 2 aromatic rings. The summed E-state index contributed by atoms with van der Waals surface area (Å²) in [6.45, 7) is -0.497. The number of hydrogen-bond donors (Lipinski definition) is 3. The fourth-order valence-corrected chi connectivity index (χ4v) is 4.02. The monoisotopic (exact) mass is 477 g/mol. The molecule has 3 N–H and O–H groups in total. The Morgan fingerprint density at radius 2 is 1.88 bits per heavy atom. The number of benzene rings is 2. The Hall–Kier alpha value is -3.53. The Bertz CT molecular complexity index is 1170. The Balaban J connectivity index is 1.48. The van der Waals surface area contributed by atoms with E-state index >= 15 is 0 Å². The number of carbonyl (C=O) groups is 4. The van der Waals surface area contributed by atoms with Crippen LogP contribution in [0.1, 0.15) is 39.9 Å². The highest BCUT2D eigenvalue weighted by atomic mass is 35.5. The van der Waals surface area contributed by atoms with Crippen LogP contribution in [-0.2, 0) is 33.4 Å². The minimum absolute atomic E-state index is 0.0849. The van der Waals surface area contributed by atoms with Crippen molar-refractivity contribution in [1.82, 2.24) is 15.5 Å². The van der Waals surface area contributed by atoms with Gasteiger partial charge in [0.25, 0.3) is 11.8 Å². The van der Waals surface area contributed by atoms with Crippen LogP contribution in [0.4, 0.5) is 8.78 Å². The molecule has 1 atom stereocenters. The Morgan fingerprint density at radius 1 is 1.18 bits per heavy atom. The molecule has 0 aromatic heterocycles. The molecule has 0 saturated carbocycles. The number of carbonyl (C=O) groups excluding carboxylic acids is 4. The van der Waals surface area contributed by atoms with E-state index in [0.717, 1.165) is 12.1 Å². The van der Waals surface area contributed by atoms with Gasteiger partial charge in [0.1, 0.15) is 11.8 Å². The number of nitrogens with zero attached hydrogens (tertiary/aromatic N) is 1. The predicted molar refractivity (Wildman–Crippen MR) is 111 cm³/mol. The highest BCUT2D eigenvalue weighted by molar-refractivity contribution is 6.30. The van der Waals surface area contributed by atoms with Gasteiger partial charge in [0.15, 0.2) is 0 Å². The number of piperidine rings is 1. The number of amides is 4. The molecule has 1 saturated heterocycles. The molecule has 2 aromatic carbocycles.